The van der Waals surface area contributed by atoms with Crippen molar-refractivity contribution in [3.8, 4) is 5.75 Å². The third kappa shape index (κ3) is 3.23. The highest BCUT2D eigenvalue weighted by Gasteiger charge is 2.27. The van der Waals surface area contributed by atoms with Crippen LogP contribution in [0.2, 0.25) is 0 Å². The van der Waals surface area contributed by atoms with Crippen molar-refractivity contribution < 1.29 is 18.8 Å². The van der Waals surface area contributed by atoms with Gasteiger partial charge in [0.25, 0.3) is 11.6 Å². The maximum Gasteiger partial charge on any atom is 0.271 e. The Bertz CT molecular complexity index is 828. The molecule has 24 heavy (non-hydrogen) atoms. The number of nitro benzene ring substituents is 1. The molecule has 124 valence electrons. The highest BCUT2D eigenvalue weighted by atomic mass is 79.9. The zero-order valence-corrected chi connectivity index (χ0v) is 14.0. The van der Waals surface area contributed by atoms with E-state index in [1.54, 1.807) is 12.1 Å². The van der Waals surface area contributed by atoms with Crippen LogP contribution in [0.25, 0.3) is 0 Å². The third-order valence-corrected chi connectivity index (χ3v) is 4.21. The number of nitro groups is 1. The first kappa shape index (κ1) is 16.4. The molecule has 0 fully saturated rings. The molecule has 1 aliphatic heterocycles. The predicted molar refractivity (Wildman–Crippen MR) is 88.7 cm³/mol. The Morgan fingerprint density at radius 2 is 2.12 bits per heavy atom. The highest BCUT2D eigenvalue weighted by Crippen LogP contribution is 2.32. The molecule has 0 saturated carbocycles. The minimum Gasteiger partial charge on any atom is -0.481 e. The second-order valence-corrected chi connectivity index (χ2v) is 6.14. The van der Waals surface area contributed by atoms with Crippen molar-refractivity contribution in [2.24, 2.45) is 0 Å². The summed E-state index contributed by atoms with van der Waals surface area (Å²) in [5, 5.41) is 10.9. The van der Waals surface area contributed by atoms with Gasteiger partial charge in [-0.05, 0) is 30.2 Å². The summed E-state index contributed by atoms with van der Waals surface area (Å²) in [5.41, 5.74) is 1.30. The molecule has 2 aromatic rings. The van der Waals surface area contributed by atoms with Crippen LogP contribution in [0.15, 0.2) is 40.9 Å². The molecule has 1 aliphatic rings. The van der Waals surface area contributed by atoms with Crippen molar-refractivity contribution in [2.45, 2.75) is 6.42 Å². The van der Waals surface area contributed by atoms with Crippen LogP contribution in [0.3, 0.4) is 0 Å². The minimum atomic E-state index is -0.574. The maximum absolute atomic E-state index is 13.7. The number of benzene rings is 2. The monoisotopic (exact) mass is 394 g/mol. The molecule has 0 saturated heterocycles. The lowest BCUT2D eigenvalue weighted by Crippen LogP contribution is -2.33. The van der Waals surface area contributed by atoms with Gasteiger partial charge >= 0.3 is 0 Å². The van der Waals surface area contributed by atoms with Gasteiger partial charge in [0.1, 0.15) is 0 Å². The van der Waals surface area contributed by atoms with Crippen LogP contribution in [0, 0.1) is 15.9 Å². The number of hydrogen-bond donors (Lipinski definition) is 0. The number of nitrogens with zero attached hydrogens (tertiary/aromatic N) is 2. The number of halogens is 2. The van der Waals surface area contributed by atoms with E-state index in [2.05, 4.69) is 15.9 Å². The number of hydrogen-bond acceptors (Lipinski definition) is 4. The highest BCUT2D eigenvalue weighted by molar-refractivity contribution is 9.10. The van der Waals surface area contributed by atoms with Gasteiger partial charge in [-0.1, -0.05) is 22.0 Å². The number of fused-ring (bicyclic) bond motifs is 1. The summed E-state index contributed by atoms with van der Waals surface area (Å²) >= 11 is 3.14. The summed E-state index contributed by atoms with van der Waals surface area (Å²) in [6.45, 7) is 0.0716. The van der Waals surface area contributed by atoms with Gasteiger partial charge in [0.2, 0.25) is 0 Å². The van der Waals surface area contributed by atoms with Crippen molar-refractivity contribution in [2.75, 3.05) is 18.1 Å². The Labute approximate surface area is 145 Å². The number of ether oxygens (including phenoxy) is 1. The first-order valence-corrected chi connectivity index (χ1v) is 7.90. The Morgan fingerprint density at radius 1 is 1.33 bits per heavy atom. The Balaban J connectivity index is 1.73. The number of carbonyl (C=O) groups excluding carboxylic acids is 1. The minimum absolute atomic E-state index is 0.0231. The number of anilines is 1. The lowest BCUT2D eigenvalue weighted by molar-refractivity contribution is -0.384. The van der Waals surface area contributed by atoms with Crippen LogP contribution < -0.4 is 9.64 Å². The molecule has 0 aliphatic carbocycles. The van der Waals surface area contributed by atoms with Crippen molar-refractivity contribution >= 4 is 33.2 Å². The molecule has 0 atom stereocenters. The van der Waals surface area contributed by atoms with Crippen LogP contribution in [0.5, 0.6) is 5.75 Å². The van der Waals surface area contributed by atoms with E-state index in [0.717, 1.165) is 5.56 Å². The second-order valence-electron chi connectivity index (χ2n) is 5.23. The van der Waals surface area contributed by atoms with Gasteiger partial charge in [-0.2, -0.15) is 0 Å². The molecule has 0 N–H and O–H groups in total. The van der Waals surface area contributed by atoms with Crippen LogP contribution >= 0.6 is 15.9 Å². The molecule has 0 radical (unpaired) electrons. The molecular weight excluding hydrogens is 383 g/mol. The molecule has 0 unspecified atom stereocenters. The average Bonchev–Trinajstić information content (AvgIpc) is 2.96. The second kappa shape index (κ2) is 6.56. The quantitative estimate of drug-likeness (QED) is 0.587. The lowest BCUT2D eigenvalue weighted by atomic mass is 10.1. The Hall–Kier alpha value is -2.48. The normalized spacial score (nSPS) is 12.8. The predicted octanol–water partition coefficient (Wildman–Crippen LogP) is 3.46. The van der Waals surface area contributed by atoms with Crippen LogP contribution in [-0.2, 0) is 11.2 Å². The van der Waals surface area contributed by atoms with Crippen LogP contribution in [-0.4, -0.2) is 24.0 Å². The van der Waals surface area contributed by atoms with E-state index < -0.39 is 10.7 Å². The van der Waals surface area contributed by atoms with Crippen molar-refractivity contribution in [1.29, 1.82) is 0 Å². The fourth-order valence-electron chi connectivity index (χ4n) is 2.55. The van der Waals surface area contributed by atoms with Crippen LogP contribution in [0.4, 0.5) is 15.8 Å². The molecule has 3 rings (SSSR count). The first-order chi connectivity index (χ1) is 11.5. The largest absolute Gasteiger partial charge is 0.481 e. The maximum atomic E-state index is 13.7. The molecule has 8 heteroatoms. The zero-order valence-electron chi connectivity index (χ0n) is 12.4. The summed E-state index contributed by atoms with van der Waals surface area (Å²) in [6, 6.07) is 8.72. The van der Waals surface area contributed by atoms with E-state index in [1.165, 1.54) is 29.2 Å². The third-order valence-electron chi connectivity index (χ3n) is 3.72. The van der Waals surface area contributed by atoms with Gasteiger partial charge in [0, 0.05) is 23.2 Å². The fourth-order valence-corrected chi connectivity index (χ4v) is 2.88. The molecule has 1 amide bonds. The Kier molecular flexibility index (Phi) is 4.48. The van der Waals surface area contributed by atoms with E-state index in [-0.39, 0.29) is 24.0 Å². The van der Waals surface area contributed by atoms with E-state index in [1.807, 2.05) is 0 Å². The molecule has 0 bridgehead atoms. The van der Waals surface area contributed by atoms with Gasteiger partial charge < -0.3 is 9.64 Å². The molecule has 0 aromatic heterocycles. The molecule has 6 nitrogen and oxygen atoms in total. The lowest BCUT2D eigenvalue weighted by Gasteiger charge is -2.17. The molecular formula is C16H12BrFN2O4. The zero-order chi connectivity index (χ0) is 17.3. The summed E-state index contributed by atoms with van der Waals surface area (Å²) in [6.07, 6.45) is 0.617. The van der Waals surface area contributed by atoms with E-state index >= 15 is 0 Å². The van der Waals surface area contributed by atoms with Crippen LogP contribution in [0.1, 0.15) is 5.56 Å². The number of amides is 1. The summed E-state index contributed by atoms with van der Waals surface area (Å²) in [7, 11) is 0. The molecule has 2 aromatic carbocycles. The number of rotatable bonds is 4. The van der Waals surface area contributed by atoms with Gasteiger partial charge in [-0.25, -0.2) is 4.39 Å². The summed E-state index contributed by atoms with van der Waals surface area (Å²) in [5.74, 6) is -0.976. The van der Waals surface area contributed by atoms with Gasteiger partial charge in [0.05, 0.1) is 10.6 Å². The summed E-state index contributed by atoms with van der Waals surface area (Å²) in [4.78, 5) is 24.1. The van der Waals surface area contributed by atoms with Crippen molar-refractivity contribution in [1.82, 2.24) is 0 Å². The van der Waals surface area contributed by atoms with E-state index in [9.17, 15) is 19.3 Å². The molecule has 1 heterocycles. The Morgan fingerprint density at radius 3 is 2.83 bits per heavy atom. The number of carbonyl (C=O) groups is 1. The first-order valence-electron chi connectivity index (χ1n) is 7.11. The smallest absolute Gasteiger partial charge is 0.271 e. The van der Waals surface area contributed by atoms with Crippen molar-refractivity contribution in [3.63, 3.8) is 0 Å². The SMILES string of the molecule is O=C(COc1ccc(Br)cc1F)N1CCc2ccc([N+](=O)[O-])cc21. The number of non-ortho nitro benzene ring substituents is 1. The van der Waals surface area contributed by atoms with E-state index in [0.29, 0.717) is 23.1 Å². The fraction of sp³-hybridized carbons (Fsp3) is 0.188. The van der Waals surface area contributed by atoms with Gasteiger partial charge in [0.15, 0.2) is 18.2 Å². The summed E-state index contributed by atoms with van der Waals surface area (Å²) < 4.78 is 19.5. The van der Waals surface area contributed by atoms with E-state index in [4.69, 9.17) is 4.74 Å². The van der Waals surface area contributed by atoms with Gasteiger partial charge in [-0.3, -0.25) is 14.9 Å². The van der Waals surface area contributed by atoms with Gasteiger partial charge in [-0.15, -0.1) is 0 Å². The van der Waals surface area contributed by atoms with Crippen molar-refractivity contribution in [3.05, 3.63) is 62.4 Å². The molecule has 0 spiro atoms. The topological polar surface area (TPSA) is 72.7 Å². The average molecular weight is 395 g/mol. The standard InChI is InChI=1S/C16H12BrFN2O4/c17-11-2-4-15(13(18)7-11)24-9-16(21)19-6-5-10-1-3-12(20(22)23)8-14(10)19/h1-4,7-8H,5-6,9H2.